The Morgan fingerprint density at radius 2 is 1.33 bits per heavy atom. The molecule has 1 aromatic heterocycles. The molecule has 17 heteroatoms. The van der Waals surface area contributed by atoms with E-state index in [0.717, 1.165) is 0 Å². The van der Waals surface area contributed by atoms with Gasteiger partial charge in [-0.05, 0) is 12.8 Å². The highest BCUT2D eigenvalue weighted by Gasteiger charge is 2.24. The normalized spacial score (nSPS) is 12.1. The van der Waals surface area contributed by atoms with E-state index in [1.165, 1.54) is 0 Å². The number of hydrogen-bond acceptors (Lipinski definition) is 11. The highest BCUT2D eigenvalue weighted by molar-refractivity contribution is 6.01. The molecule has 0 spiro atoms. The highest BCUT2D eigenvalue weighted by atomic mass is 16.4. The van der Waals surface area contributed by atoms with Crippen molar-refractivity contribution in [3.05, 3.63) is 11.4 Å². The van der Waals surface area contributed by atoms with E-state index in [1.807, 2.05) is 5.32 Å². The first-order valence-corrected chi connectivity index (χ1v) is 11.7. The molecule has 0 unspecified atom stereocenters. The molecule has 2 atom stereocenters. The number of nitrogens with two attached hydrogens (primary N) is 2. The van der Waals surface area contributed by atoms with Crippen LogP contribution in [0.15, 0.2) is 0 Å². The summed E-state index contributed by atoms with van der Waals surface area (Å²) in [6, 6.07) is -1.64. The smallest absolute Gasteiger partial charge is 0.326 e. The van der Waals surface area contributed by atoms with E-state index < -0.39 is 84.2 Å². The number of rotatable bonds is 18. The van der Waals surface area contributed by atoms with Crippen molar-refractivity contribution in [1.82, 2.24) is 20.6 Å². The summed E-state index contributed by atoms with van der Waals surface area (Å²) in [4.78, 5) is 87.8. The van der Waals surface area contributed by atoms with E-state index in [-0.39, 0.29) is 30.9 Å². The Morgan fingerprint density at radius 1 is 0.744 bits per heavy atom. The predicted molar refractivity (Wildman–Crippen MR) is 130 cm³/mol. The molecule has 0 saturated heterocycles. The van der Waals surface area contributed by atoms with E-state index in [4.69, 9.17) is 31.9 Å². The van der Waals surface area contributed by atoms with Crippen LogP contribution in [0.4, 0.5) is 11.6 Å². The van der Waals surface area contributed by atoms with Gasteiger partial charge in [-0.2, -0.15) is 0 Å². The Hall–Kier alpha value is -4.83. The molecule has 1 rings (SSSR count). The maximum absolute atomic E-state index is 12.5. The monoisotopic (exact) mass is 554 g/mol. The van der Waals surface area contributed by atoms with Crippen LogP contribution in [0, 0.1) is 5.92 Å². The van der Waals surface area contributed by atoms with E-state index >= 15 is 0 Å². The summed E-state index contributed by atoms with van der Waals surface area (Å²) in [7, 11) is 0. The maximum atomic E-state index is 12.5. The quantitative estimate of drug-likeness (QED) is 0.0806. The number of nitrogens with zero attached hydrogens (tertiary/aromatic N) is 2. The van der Waals surface area contributed by atoms with Gasteiger partial charge in [0.15, 0.2) is 28.8 Å². The van der Waals surface area contributed by atoms with Crippen LogP contribution < -0.4 is 22.1 Å². The number of amides is 2. The molecule has 0 aliphatic heterocycles. The summed E-state index contributed by atoms with van der Waals surface area (Å²) in [5, 5.41) is 39.7. The van der Waals surface area contributed by atoms with Gasteiger partial charge in [-0.1, -0.05) is 12.8 Å². The van der Waals surface area contributed by atoms with Gasteiger partial charge in [-0.3, -0.25) is 28.8 Å². The van der Waals surface area contributed by atoms with Gasteiger partial charge in [0.1, 0.15) is 6.04 Å². The minimum atomic E-state index is -1.64. The third-order valence-electron chi connectivity index (χ3n) is 5.31. The van der Waals surface area contributed by atoms with Crippen molar-refractivity contribution in [3.8, 4) is 0 Å². The van der Waals surface area contributed by atoms with Gasteiger partial charge in [-0.15, -0.1) is 0 Å². The zero-order valence-electron chi connectivity index (χ0n) is 20.7. The lowest BCUT2D eigenvalue weighted by atomic mass is 9.97. The van der Waals surface area contributed by atoms with E-state index in [9.17, 15) is 33.6 Å². The molecule has 1 aromatic rings. The van der Waals surface area contributed by atoms with Gasteiger partial charge >= 0.3 is 23.9 Å². The summed E-state index contributed by atoms with van der Waals surface area (Å²) in [6.45, 7) is -0.291. The van der Waals surface area contributed by atoms with Gasteiger partial charge in [0, 0.05) is 19.4 Å². The Morgan fingerprint density at radius 3 is 1.90 bits per heavy atom. The lowest BCUT2D eigenvalue weighted by Crippen LogP contribution is -2.43. The van der Waals surface area contributed by atoms with Crippen molar-refractivity contribution in [2.75, 3.05) is 18.0 Å². The molecule has 0 aliphatic carbocycles. The Labute approximate surface area is 221 Å². The number of hydrogen-bond donors (Lipinski definition) is 8. The lowest BCUT2D eigenvalue weighted by molar-refractivity contribution is -0.148. The average molecular weight is 555 g/mol. The number of aliphatic carboxylic acids is 4. The van der Waals surface area contributed by atoms with E-state index in [0.29, 0.717) is 19.3 Å². The molecule has 0 aliphatic rings. The van der Waals surface area contributed by atoms with Gasteiger partial charge in [0.25, 0.3) is 5.91 Å². The SMILES string of the molecule is Nc1nc(C(=O)NCCC(=O)N[C@H](CC(=O)O)C(=O)O)c(N)nc1C(=O)CCCCC[C@H](CC(=O)O)C(=O)O. The maximum Gasteiger partial charge on any atom is 0.326 e. The van der Waals surface area contributed by atoms with Crippen LogP contribution in [0.3, 0.4) is 0 Å². The van der Waals surface area contributed by atoms with Gasteiger partial charge in [0.2, 0.25) is 5.91 Å². The molecule has 2 amide bonds. The molecule has 0 aromatic carbocycles. The van der Waals surface area contributed by atoms with Crippen LogP contribution in [0.25, 0.3) is 0 Å². The minimum absolute atomic E-state index is 0.0329. The largest absolute Gasteiger partial charge is 0.481 e. The average Bonchev–Trinajstić information content (AvgIpc) is 2.82. The number of ketones is 1. The number of nitrogens with one attached hydrogen (secondary N) is 2. The van der Waals surface area contributed by atoms with Gasteiger partial charge in [-0.25, -0.2) is 14.8 Å². The predicted octanol–water partition coefficient (Wildman–Crippen LogP) is -0.886. The summed E-state index contributed by atoms with van der Waals surface area (Å²) in [5.74, 6) is -9.43. The number of carbonyl (C=O) groups is 7. The second-order valence-electron chi connectivity index (χ2n) is 8.41. The van der Waals surface area contributed by atoms with E-state index in [2.05, 4.69) is 15.3 Å². The first-order chi connectivity index (χ1) is 18.2. The molecular formula is C22H30N6O11. The van der Waals surface area contributed by atoms with E-state index in [1.54, 1.807) is 0 Å². The Bertz CT molecular complexity index is 1120. The van der Waals surface area contributed by atoms with Crippen molar-refractivity contribution in [3.63, 3.8) is 0 Å². The van der Waals surface area contributed by atoms with Crippen LogP contribution in [0.2, 0.25) is 0 Å². The van der Waals surface area contributed by atoms with Crippen molar-refractivity contribution in [2.45, 2.75) is 57.4 Å². The van der Waals surface area contributed by atoms with Gasteiger partial charge < -0.3 is 42.5 Å². The zero-order chi connectivity index (χ0) is 29.7. The topological polar surface area (TPSA) is 302 Å². The summed E-state index contributed by atoms with van der Waals surface area (Å²) in [6.07, 6.45) is -0.457. The summed E-state index contributed by atoms with van der Waals surface area (Å²) in [5.41, 5.74) is 10.8. The fraction of sp³-hybridized carbons (Fsp3) is 0.500. The number of anilines is 2. The third-order valence-corrected chi connectivity index (χ3v) is 5.31. The molecular weight excluding hydrogens is 524 g/mol. The first-order valence-electron chi connectivity index (χ1n) is 11.7. The molecule has 0 bridgehead atoms. The van der Waals surface area contributed by atoms with Crippen molar-refractivity contribution < 1.29 is 54.0 Å². The highest BCUT2D eigenvalue weighted by Crippen LogP contribution is 2.18. The number of unbranched alkanes of at least 4 members (excludes halogenated alkanes) is 2. The molecule has 214 valence electrons. The van der Waals surface area contributed by atoms with Crippen LogP contribution in [0.1, 0.15) is 72.3 Å². The Kier molecular flexibility index (Phi) is 12.7. The fourth-order valence-corrected chi connectivity index (χ4v) is 3.34. The summed E-state index contributed by atoms with van der Waals surface area (Å²) >= 11 is 0. The lowest BCUT2D eigenvalue weighted by Gasteiger charge is -2.13. The van der Waals surface area contributed by atoms with Crippen LogP contribution in [0.5, 0.6) is 0 Å². The fourth-order valence-electron chi connectivity index (χ4n) is 3.34. The molecule has 0 radical (unpaired) electrons. The minimum Gasteiger partial charge on any atom is -0.481 e. The van der Waals surface area contributed by atoms with Crippen molar-refractivity contribution in [1.29, 1.82) is 0 Å². The van der Waals surface area contributed by atoms with Crippen LogP contribution in [-0.2, 0) is 24.0 Å². The number of aromatic nitrogens is 2. The zero-order valence-corrected chi connectivity index (χ0v) is 20.7. The van der Waals surface area contributed by atoms with Gasteiger partial charge in [0.05, 0.1) is 18.8 Å². The second-order valence-corrected chi connectivity index (χ2v) is 8.41. The molecule has 0 fully saturated rings. The molecule has 1 heterocycles. The second kappa shape index (κ2) is 15.4. The number of carboxylic acids is 4. The Balaban J connectivity index is 2.60. The molecule has 39 heavy (non-hydrogen) atoms. The van der Waals surface area contributed by atoms with Crippen molar-refractivity contribution >= 4 is 53.1 Å². The summed E-state index contributed by atoms with van der Waals surface area (Å²) < 4.78 is 0. The van der Waals surface area contributed by atoms with Crippen molar-refractivity contribution in [2.24, 2.45) is 5.92 Å². The number of Topliss-reactive ketones (excluding diaryl/α,β-unsaturated/α-hetero) is 1. The first kappa shape index (κ1) is 32.2. The number of carboxylic acid groups (broad SMARTS) is 4. The number of carbonyl (C=O) groups excluding carboxylic acids is 3. The third kappa shape index (κ3) is 11.4. The molecule has 0 saturated carbocycles. The molecule has 17 nitrogen and oxygen atoms in total. The van der Waals surface area contributed by atoms with Crippen LogP contribution in [-0.4, -0.2) is 84.5 Å². The standard InChI is InChI=1S/C22H30N6O11/c23-18-16(12(29)5-3-1-2-4-10(21(36)37)8-14(31)32)27-19(24)17(28-18)20(35)25-7-6-13(30)26-11(22(38)39)9-15(33)34/h10-11H,1-9H2,(H2,23,28)(H2,24,27)(H,25,35)(H,26,30)(H,31,32)(H,33,34)(H,36,37)(H,38,39)/t10-,11-/m1/s1. The van der Waals surface area contributed by atoms with Crippen LogP contribution >= 0.6 is 0 Å². The molecule has 10 N–H and O–H groups in total. The number of nitrogen functional groups attached to an aromatic ring is 2.